The fraction of sp³-hybridized carbons (Fsp3) is 0.300. The molecular formula is C30H35Cl2N3O2. The number of benzene rings is 4. The molecular weight excluding hydrogens is 505 g/mol. The third kappa shape index (κ3) is 6.86. The third-order valence-electron chi connectivity index (χ3n) is 6.95. The molecule has 1 fully saturated rings. The minimum atomic E-state index is 0. The van der Waals surface area contributed by atoms with Crippen LogP contribution >= 0.6 is 24.8 Å². The van der Waals surface area contributed by atoms with Crippen LogP contribution < -0.4 is 15.0 Å². The van der Waals surface area contributed by atoms with E-state index in [1.54, 1.807) is 7.11 Å². The number of amides is 1. The van der Waals surface area contributed by atoms with Crippen LogP contribution in [0.15, 0.2) is 78.9 Å². The lowest BCUT2D eigenvalue weighted by molar-refractivity contribution is 0.0952. The van der Waals surface area contributed by atoms with Crippen molar-refractivity contribution in [1.29, 1.82) is 0 Å². The molecule has 4 aromatic rings. The number of nitrogens with zero attached hydrogens (tertiary/aromatic N) is 2. The molecule has 5 rings (SSSR count). The number of carbonyl (C=O) groups excluding carboxylic acids is 1. The first kappa shape index (κ1) is 28.6. The molecule has 1 N–H and O–H groups in total. The van der Waals surface area contributed by atoms with Gasteiger partial charge in [0.25, 0.3) is 5.91 Å². The number of methoxy groups -OCH3 is 1. The largest absolute Gasteiger partial charge is 0.495 e. The van der Waals surface area contributed by atoms with E-state index in [-0.39, 0.29) is 30.7 Å². The highest BCUT2D eigenvalue weighted by atomic mass is 35.5. The Labute approximate surface area is 231 Å². The van der Waals surface area contributed by atoms with Crippen molar-refractivity contribution in [3.63, 3.8) is 0 Å². The second-order valence-electron chi connectivity index (χ2n) is 9.22. The highest BCUT2D eigenvalue weighted by Gasteiger charge is 2.19. The van der Waals surface area contributed by atoms with Crippen LogP contribution in [0.4, 0.5) is 5.69 Å². The molecule has 37 heavy (non-hydrogen) atoms. The normalized spacial score (nSPS) is 13.6. The molecule has 5 nitrogen and oxygen atoms in total. The monoisotopic (exact) mass is 539 g/mol. The van der Waals surface area contributed by atoms with Crippen LogP contribution in [0, 0.1) is 0 Å². The zero-order valence-corrected chi connectivity index (χ0v) is 22.8. The molecule has 1 amide bonds. The van der Waals surface area contributed by atoms with E-state index in [1.165, 1.54) is 16.5 Å². The lowest BCUT2D eigenvalue weighted by Crippen LogP contribution is -2.46. The van der Waals surface area contributed by atoms with Crippen LogP contribution in [0.1, 0.15) is 23.2 Å². The van der Waals surface area contributed by atoms with Crippen LogP contribution in [0.5, 0.6) is 5.75 Å². The first-order valence-corrected chi connectivity index (χ1v) is 12.5. The Morgan fingerprint density at radius 2 is 1.43 bits per heavy atom. The number of rotatable bonds is 8. The Balaban J connectivity index is 0.00000190. The van der Waals surface area contributed by atoms with E-state index in [9.17, 15) is 4.79 Å². The fourth-order valence-electron chi connectivity index (χ4n) is 4.95. The van der Waals surface area contributed by atoms with E-state index in [0.29, 0.717) is 6.54 Å². The van der Waals surface area contributed by atoms with E-state index in [1.807, 2.05) is 36.4 Å². The number of hydrogen-bond acceptors (Lipinski definition) is 4. The summed E-state index contributed by atoms with van der Waals surface area (Å²) in [5.41, 5.74) is 1.90. The minimum absolute atomic E-state index is 0. The molecule has 4 aromatic carbocycles. The van der Waals surface area contributed by atoms with E-state index in [0.717, 1.165) is 67.7 Å². The van der Waals surface area contributed by atoms with Crippen molar-refractivity contribution in [1.82, 2.24) is 10.2 Å². The molecule has 0 bridgehead atoms. The molecule has 0 aliphatic carbocycles. The first-order chi connectivity index (χ1) is 17.2. The van der Waals surface area contributed by atoms with Crippen LogP contribution in [-0.4, -0.2) is 57.2 Å². The molecule has 0 atom stereocenters. The third-order valence-corrected chi connectivity index (χ3v) is 6.95. The quantitative estimate of drug-likeness (QED) is 0.214. The van der Waals surface area contributed by atoms with Gasteiger partial charge in [-0.05, 0) is 77.3 Å². The summed E-state index contributed by atoms with van der Waals surface area (Å²) in [5.74, 6) is 0.946. The minimum Gasteiger partial charge on any atom is -0.495 e. The Morgan fingerprint density at radius 3 is 2.16 bits per heavy atom. The topological polar surface area (TPSA) is 44.8 Å². The number of piperazine rings is 1. The van der Waals surface area contributed by atoms with Gasteiger partial charge < -0.3 is 15.0 Å². The molecule has 7 heteroatoms. The maximum Gasteiger partial charge on any atom is 0.251 e. The summed E-state index contributed by atoms with van der Waals surface area (Å²) in [6, 6.07) is 26.9. The van der Waals surface area contributed by atoms with Gasteiger partial charge in [0.05, 0.1) is 12.8 Å². The maximum absolute atomic E-state index is 12.7. The second kappa shape index (κ2) is 13.5. The van der Waals surface area contributed by atoms with Gasteiger partial charge in [0.2, 0.25) is 0 Å². The van der Waals surface area contributed by atoms with Gasteiger partial charge in [-0.15, -0.1) is 24.8 Å². The molecule has 0 spiro atoms. The van der Waals surface area contributed by atoms with Crippen LogP contribution in [-0.2, 0) is 0 Å². The van der Waals surface area contributed by atoms with Gasteiger partial charge in [-0.3, -0.25) is 9.69 Å². The van der Waals surface area contributed by atoms with E-state index < -0.39 is 0 Å². The lowest BCUT2D eigenvalue weighted by atomic mass is 10.0. The highest BCUT2D eigenvalue weighted by Crippen LogP contribution is 2.28. The van der Waals surface area contributed by atoms with Crippen LogP contribution in [0.3, 0.4) is 0 Å². The summed E-state index contributed by atoms with van der Waals surface area (Å²) in [6.07, 6.45) is 2.06. The maximum atomic E-state index is 12.7. The summed E-state index contributed by atoms with van der Waals surface area (Å²) >= 11 is 0. The smallest absolute Gasteiger partial charge is 0.251 e. The van der Waals surface area contributed by atoms with Crippen molar-refractivity contribution in [3.05, 3.63) is 84.4 Å². The van der Waals surface area contributed by atoms with Gasteiger partial charge in [-0.1, -0.05) is 42.5 Å². The summed E-state index contributed by atoms with van der Waals surface area (Å²) in [6.45, 7) is 5.89. The number of halogens is 2. The summed E-state index contributed by atoms with van der Waals surface area (Å²) < 4.78 is 5.52. The van der Waals surface area contributed by atoms with Crippen LogP contribution in [0.2, 0.25) is 0 Å². The predicted molar refractivity (Wildman–Crippen MR) is 159 cm³/mol. The average molecular weight is 541 g/mol. The SMILES string of the molecule is COc1ccccc1N1CCN(CCCCNC(=O)c2ccc3cc4ccccc4cc3c2)CC1.Cl.Cl. The van der Waals surface area contributed by atoms with Crippen molar-refractivity contribution in [2.75, 3.05) is 51.3 Å². The van der Waals surface area contributed by atoms with E-state index in [4.69, 9.17) is 4.74 Å². The summed E-state index contributed by atoms with van der Waals surface area (Å²) in [7, 11) is 1.73. The summed E-state index contributed by atoms with van der Waals surface area (Å²) in [5, 5.41) is 7.78. The molecule has 0 unspecified atom stereocenters. The van der Waals surface area contributed by atoms with Crippen molar-refractivity contribution >= 4 is 58.0 Å². The molecule has 0 saturated carbocycles. The van der Waals surface area contributed by atoms with Gasteiger partial charge in [0, 0.05) is 38.3 Å². The molecule has 1 aliphatic rings. The van der Waals surface area contributed by atoms with Gasteiger partial charge in [0.15, 0.2) is 0 Å². The average Bonchev–Trinajstić information content (AvgIpc) is 2.91. The molecule has 0 radical (unpaired) electrons. The number of anilines is 1. The van der Waals surface area contributed by atoms with Gasteiger partial charge >= 0.3 is 0 Å². The lowest BCUT2D eigenvalue weighted by Gasteiger charge is -2.36. The fourth-order valence-corrected chi connectivity index (χ4v) is 4.95. The zero-order valence-electron chi connectivity index (χ0n) is 21.2. The van der Waals surface area contributed by atoms with Crippen LogP contribution in [0.25, 0.3) is 21.5 Å². The van der Waals surface area contributed by atoms with Gasteiger partial charge in [-0.25, -0.2) is 0 Å². The molecule has 0 aromatic heterocycles. The van der Waals surface area contributed by atoms with E-state index in [2.05, 4.69) is 57.6 Å². The standard InChI is InChI=1S/C30H33N3O2.2ClH/c1-35-29-11-5-4-10-28(29)33-18-16-32(17-19-33)15-7-6-14-31-30(34)26-13-12-25-20-23-8-2-3-9-24(23)21-27(25)22-26;;/h2-5,8-13,20-22H,6-7,14-19H2,1H3,(H,31,34);2*1H. The van der Waals surface area contributed by atoms with Crippen molar-refractivity contribution in [2.24, 2.45) is 0 Å². The molecule has 1 heterocycles. The highest BCUT2D eigenvalue weighted by molar-refractivity contribution is 6.03. The second-order valence-corrected chi connectivity index (χ2v) is 9.22. The Hall–Kier alpha value is -2.99. The number of nitrogens with one attached hydrogen (secondary N) is 1. The molecule has 196 valence electrons. The number of hydrogen-bond donors (Lipinski definition) is 1. The zero-order chi connectivity index (χ0) is 24.0. The number of ether oxygens (including phenoxy) is 1. The van der Waals surface area contributed by atoms with Crippen molar-refractivity contribution in [2.45, 2.75) is 12.8 Å². The Kier molecular flexibility index (Phi) is 10.4. The predicted octanol–water partition coefficient (Wildman–Crippen LogP) is 6.18. The number of para-hydroxylation sites is 2. The molecule has 1 saturated heterocycles. The Bertz CT molecular complexity index is 1320. The Morgan fingerprint density at radius 1 is 0.784 bits per heavy atom. The number of carbonyl (C=O) groups is 1. The first-order valence-electron chi connectivity index (χ1n) is 12.5. The summed E-state index contributed by atoms with van der Waals surface area (Å²) in [4.78, 5) is 17.6. The van der Waals surface area contributed by atoms with Gasteiger partial charge in [0.1, 0.15) is 5.75 Å². The number of fused-ring (bicyclic) bond motifs is 2. The van der Waals surface area contributed by atoms with Gasteiger partial charge in [-0.2, -0.15) is 0 Å². The van der Waals surface area contributed by atoms with Crippen molar-refractivity contribution < 1.29 is 9.53 Å². The van der Waals surface area contributed by atoms with E-state index >= 15 is 0 Å². The number of unbranched alkanes of at least 4 members (excludes halogenated alkanes) is 1. The van der Waals surface area contributed by atoms with Crippen molar-refractivity contribution in [3.8, 4) is 5.75 Å². The molecule has 1 aliphatic heterocycles.